The molecule has 216 valence electrons. The highest BCUT2D eigenvalue weighted by atomic mass is 16.5. The fraction of sp³-hybridized carbons (Fsp3) is 0.500. The molecule has 0 amide bonds. The van der Waals surface area contributed by atoms with Crippen molar-refractivity contribution in [3.05, 3.63) is 48.0 Å². The maximum atomic E-state index is 12.4. The van der Waals surface area contributed by atoms with Crippen LogP contribution in [0.4, 0.5) is 11.4 Å². The van der Waals surface area contributed by atoms with Crippen molar-refractivity contribution in [1.82, 2.24) is 9.97 Å². The molecule has 0 saturated carbocycles. The van der Waals surface area contributed by atoms with Crippen LogP contribution in [0.1, 0.15) is 66.2 Å². The van der Waals surface area contributed by atoms with Gasteiger partial charge < -0.3 is 30.8 Å². The van der Waals surface area contributed by atoms with Gasteiger partial charge in [0.2, 0.25) is 0 Å². The zero-order chi connectivity index (χ0) is 29.2. The number of anilines is 2. The van der Waals surface area contributed by atoms with Crippen LogP contribution in [0.25, 0.3) is 0 Å². The number of hydrogen-bond donors (Lipinski definition) is 3. The number of ketones is 2. The van der Waals surface area contributed by atoms with E-state index >= 15 is 0 Å². The lowest BCUT2D eigenvalue weighted by molar-refractivity contribution is -0.156. The third-order valence-corrected chi connectivity index (χ3v) is 6.98. The quantitative estimate of drug-likeness (QED) is 0.208. The Morgan fingerprint density at radius 1 is 0.875 bits per heavy atom. The normalized spacial score (nSPS) is 21.7. The number of esters is 1. The molecule has 4 rings (SSSR count). The zero-order valence-electron chi connectivity index (χ0n) is 22.6. The second kappa shape index (κ2) is 13.9. The average Bonchev–Trinajstić information content (AvgIpc) is 3.60. The van der Waals surface area contributed by atoms with Crippen molar-refractivity contribution >= 4 is 34.9 Å². The minimum atomic E-state index is -1.11. The summed E-state index contributed by atoms with van der Waals surface area (Å²) in [5.41, 5.74) is 10.8. The molecule has 2 aliphatic heterocycles. The molecule has 0 unspecified atom stereocenters. The summed E-state index contributed by atoms with van der Waals surface area (Å²) in [7, 11) is 0. The Balaban J connectivity index is 0.000000225. The van der Waals surface area contributed by atoms with Crippen LogP contribution in [-0.2, 0) is 23.8 Å². The maximum absolute atomic E-state index is 12.4. The monoisotopic (exact) mass is 556 g/mol. The fourth-order valence-corrected chi connectivity index (χ4v) is 4.47. The number of nitrogens with zero attached hydrogens (tertiary/aromatic N) is 2. The summed E-state index contributed by atoms with van der Waals surface area (Å²) in [5, 5.41) is 9.24. The predicted molar refractivity (Wildman–Crippen MR) is 144 cm³/mol. The van der Waals surface area contributed by atoms with Crippen molar-refractivity contribution in [2.45, 2.75) is 45.4 Å². The molecule has 0 spiro atoms. The standard InChI is InChI=1S/C16H22N2O4.C12H14N2O4/c1-2-3-5-22-15(20)16(4-6-21-11-16)8-14(19)12-7-13(17)10-18-9-12;13-9-3-8(5-14-6-9)10(15)4-12(11(16)17)1-2-18-7-12/h7,9-10H,2-6,8,11,17H2,1H3;3,5-6H,1-2,4,7,13H2,(H,16,17)/t16-;12-/m00/s1. The van der Waals surface area contributed by atoms with Crippen molar-refractivity contribution in [2.24, 2.45) is 10.8 Å². The molecule has 0 bridgehead atoms. The lowest BCUT2D eigenvalue weighted by Crippen LogP contribution is -2.36. The van der Waals surface area contributed by atoms with Gasteiger partial charge >= 0.3 is 11.9 Å². The molecular weight excluding hydrogens is 520 g/mol. The fourth-order valence-electron chi connectivity index (χ4n) is 4.47. The van der Waals surface area contributed by atoms with Crippen LogP contribution in [0.2, 0.25) is 0 Å². The molecule has 40 heavy (non-hydrogen) atoms. The summed E-state index contributed by atoms with van der Waals surface area (Å²) in [4.78, 5) is 55.9. The van der Waals surface area contributed by atoms with E-state index in [2.05, 4.69) is 9.97 Å². The van der Waals surface area contributed by atoms with Crippen LogP contribution in [0.3, 0.4) is 0 Å². The van der Waals surface area contributed by atoms with E-state index in [-0.39, 0.29) is 43.6 Å². The van der Waals surface area contributed by atoms with E-state index in [0.717, 1.165) is 12.8 Å². The van der Waals surface area contributed by atoms with Gasteiger partial charge in [-0.05, 0) is 31.4 Å². The Bertz CT molecular complexity index is 1210. The van der Waals surface area contributed by atoms with Gasteiger partial charge in [0, 0.05) is 62.0 Å². The summed E-state index contributed by atoms with van der Waals surface area (Å²) in [6, 6.07) is 3.07. The molecular formula is C28H36N4O8. The minimum absolute atomic E-state index is 0.0586. The molecule has 0 aliphatic carbocycles. The van der Waals surface area contributed by atoms with Crippen LogP contribution in [0.5, 0.6) is 0 Å². The molecule has 2 aliphatic rings. The van der Waals surface area contributed by atoms with E-state index in [1.54, 1.807) is 6.07 Å². The minimum Gasteiger partial charge on any atom is -0.481 e. The van der Waals surface area contributed by atoms with Crippen molar-refractivity contribution in [2.75, 3.05) is 44.5 Å². The smallest absolute Gasteiger partial charge is 0.314 e. The van der Waals surface area contributed by atoms with Crippen LogP contribution in [-0.4, -0.2) is 71.6 Å². The first kappa shape index (κ1) is 30.6. The van der Waals surface area contributed by atoms with Gasteiger partial charge in [-0.25, -0.2) is 0 Å². The Labute approximate surface area is 232 Å². The highest BCUT2D eigenvalue weighted by Gasteiger charge is 2.46. The molecule has 2 aromatic rings. The Morgan fingerprint density at radius 2 is 1.38 bits per heavy atom. The largest absolute Gasteiger partial charge is 0.481 e. The number of carbonyl (C=O) groups excluding carboxylic acids is 3. The Morgan fingerprint density at radius 3 is 1.80 bits per heavy atom. The van der Waals surface area contributed by atoms with Gasteiger partial charge in [-0.1, -0.05) is 13.3 Å². The molecule has 4 heterocycles. The van der Waals surface area contributed by atoms with E-state index in [0.29, 0.717) is 55.2 Å². The van der Waals surface area contributed by atoms with Crippen molar-refractivity contribution in [3.63, 3.8) is 0 Å². The van der Waals surface area contributed by atoms with Gasteiger partial charge in [0.1, 0.15) is 10.8 Å². The van der Waals surface area contributed by atoms with Crippen LogP contribution in [0, 0.1) is 10.8 Å². The SMILES string of the molecule is CCCCOC(=O)[C@]1(CC(=O)c2cncc(N)c2)CCOC1.Nc1cncc(C(=O)C[C@@]2(C(=O)O)CCOC2)c1. The van der Waals surface area contributed by atoms with Gasteiger partial charge in [-0.2, -0.15) is 0 Å². The Kier molecular flexibility index (Phi) is 10.7. The van der Waals surface area contributed by atoms with Crippen molar-refractivity contribution in [3.8, 4) is 0 Å². The summed E-state index contributed by atoms with van der Waals surface area (Å²) >= 11 is 0. The summed E-state index contributed by atoms with van der Waals surface area (Å²) in [6.45, 7) is 3.53. The summed E-state index contributed by atoms with van der Waals surface area (Å²) < 4.78 is 15.8. The highest BCUT2D eigenvalue weighted by molar-refractivity contribution is 6.00. The predicted octanol–water partition coefficient (Wildman–Crippen LogP) is 2.71. The number of ether oxygens (including phenoxy) is 3. The molecule has 2 atom stereocenters. The summed E-state index contributed by atoms with van der Waals surface area (Å²) in [6.07, 6.45) is 8.35. The first-order valence-corrected chi connectivity index (χ1v) is 13.1. The molecule has 12 heteroatoms. The first-order valence-electron chi connectivity index (χ1n) is 13.1. The number of nitrogens with two attached hydrogens (primary N) is 2. The van der Waals surface area contributed by atoms with Crippen LogP contribution in [0.15, 0.2) is 36.9 Å². The van der Waals surface area contributed by atoms with Gasteiger partial charge in [-0.15, -0.1) is 0 Å². The van der Waals surface area contributed by atoms with E-state index in [9.17, 15) is 24.3 Å². The maximum Gasteiger partial charge on any atom is 0.314 e. The first-order chi connectivity index (χ1) is 19.1. The van der Waals surface area contributed by atoms with E-state index < -0.39 is 16.8 Å². The number of hydrogen-bond acceptors (Lipinski definition) is 11. The topological polar surface area (TPSA) is 194 Å². The molecule has 0 radical (unpaired) electrons. The number of pyridine rings is 2. The number of rotatable bonds is 11. The number of carboxylic acid groups (broad SMARTS) is 1. The third-order valence-electron chi connectivity index (χ3n) is 6.98. The number of nitrogen functional groups attached to an aromatic ring is 2. The molecule has 2 aromatic heterocycles. The van der Waals surface area contributed by atoms with Crippen LogP contribution < -0.4 is 11.5 Å². The number of unbranched alkanes of at least 4 members (excludes halogenated alkanes) is 1. The second-order valence-electron chi connectivity index (χ2n) is 10.2. The van der Waals surface area contributed by atoms with Gasteiger partial charge in [0.15, 0.2) is 11.6 Å². The van der Waals surface area contributed by atoms with Gasteiger partial charge in [0.25, 0.3) is 0 Å². The lowest BCUT2D eigenvalue weighted by Gasteiger charge is -2.24. The number of aromatic nitrogens is 2. The molecule has 0 aromatic carbocycles. The average molecular weight is 557 g/mol. The highest BCUT2D eigenvalue weighted by Crippen LogP contribution is 2.36. The van der Waals surface area contributed by atoms with Crippen molar-refractivity contribution < 1.29 is 38.5 Å². The molecule has 12 nitrogen and oxygen atoms in total. The van der Waals surface area contributed by atoms with E-state index in [1.165, 1.54) is 30.9 Å². The van der Waals surface area contributed by atoms with Gasteiger partial charge in [-0.3, -0.25) is 29.1 Å². The lowest BCUT2D eigenvalue weighted by atomic mass is 9.81. The van der Waals surface area contributed by atoms with Gasteiger partial charge in [0.05, 0.1) is 31.2 Å². The number of aliphatic carboxylic acids is 1. The zero-order valence-corrected chi connectivity index (χ0v) is 22.6. The molecule has 5 N–H and O–H groups in total. The summed E-state index contributed by atoms with van der Waals surface area (Å²) in [5.74, 6) is -1.78. The van der Waals surface area contributed by atoms with Crippen molar-refractivity contribution in [1.29, 1.82) is 0 Å². The molecule has 2 saturated heterocycles. The van der Waals surface area contributed by atoms with E-state index in [4.69, 9.17) is 25.7 Å². The number of carbonyl (C=O) groups is 4. The van der Waals surface area contributed by atoms with Crippen LogP contribution >= 0.6 is 0 Å². The number of carboxylic acids is 1. The molecule has 2 fully saturated rings. The second-order valence-corrected chi connectivity index (χ2v) is 10.2. The third kappa shape index (κ3) is 7.82. The Hall–Kier alpha value is -3.90. The number of Topliss-reactive ketones (excluding diaryl/α,β-unsaturated/α-hetero) is 2. The van der Waals surface area contributed by atoms with E-state index in [1.807, 2.05) is 6.92 Å².